The van der Waals surface area contributed by atoms with E-state index in [2.05, 4.69) is 0 Å². The van der Waals surface area contributed by atoms with Gasteiger partial charge in [-0.2, -0.15) is 11.8 Å². The minimum atomic E-state index is -0.0157. The molecular weight excluding hydrogens is 304 g/mol. The molecule has 2 saturated heterocycles. The summed E-state index contributed by atoms with van der Waals surface area (Å²) in [5.74, 6) is 2.82. The fourth-order valence-electron chi connectivity index (χ4n) is 3.39. The van der Waals surface area contributed by atoms with Gasteiger partial charge in [0.25, 0.3) is 0 Å². The predicted molar refractivity (Wildman–Crippen MR) is 88.1 cm³/mol. The van der Waals surface area contributed by atoms with E-state index in [1.807, 2.05) is 36.0 Å². The number of hydrogen-bond acceptors (Lipinski definition) is 3. The number of ether oxygens (including phenoxy) is 1. The molecule has 21 heavy (non-hydrogen) atoms. The number of benzene rings is 1. The average Bonchev–Trinajstić information content (AvgIpc) is 2.48. The Morgan fingerprint density at radius 3 is 2.95 bits per heavy atom. The van der Waals surface area contributed by atoms with Crippen molar-refractivity contribution < 1.29 is 9.53 Å². The van der Waals surface area contributed by atoms with Crippen molar-refractivity contribution in [1.82, 2.24) is 0 Å². The number of thioether (sulfide) groups is 1. The summed E-state index contributed by atoms with van der Waals surface area (Å²) >= 11 is 7.99. The first-order valence-electron chi connectivity index (χ1n) is 7.66. The zero-order chi connectivity index (χ0) is 14.7. The largest absolute Gasteiger partial charge is 0.375 e. The van der Waals surface area contributed by atoms with E-state index in [-0.39, 0.29) is 11.5 Å². The fourth-order valence-corrected chi connectivity index (χ4v) is 4.84. The van der Waals surface area contributed by atoms with Gasteiger partial charge in [-0.05, 0) is 54.9 Å². The summed E-state index contributed by atoms with van der Waals surface area (Å²) in [5, 5.41) is 0.702. The highest BCUT2D eigenvalue weighted by Crippen LogP contribution is 2.40. The van der Waals surface area contributed by atoms with Gasteiger partial charge in [0.2, 0.25) is 0 Å². The maximum Gasteiger partial charge on any atom is 0.140 e. The van der Waals surface area contributed by atoms with Crippen LogP contribution in [0.2, 0.25) is 5.02 Å². The maximum absolute atomic E-state index is 12.6. The van der Waals surface area contributed by atoms with Crippen LogP contribution in [0.1, 0.15) is 31.2 Å². The number of ketones is 1. The highest BCUT2D eigenvalue weighted by molar-refractivity contribution is 7.99. The molecule has 1 unspecified atom stereocenters. The van der Waals surface area contributed by atoms with Crippen molar-refractivity contribution in [3.8, 4) is 0 Å². The lowest BCUT2D eigenvalue weighted by Crippen LogP contribution is -2.44. The summed E-state index contributed by atoms with van der Waals surface area (Å²) in [5.41, 5.74) is 1.00. The summed E-state index contributed by atoms with van der Waals surface area (Å²) in [7, 11) is 0. The van der Waals surface area contributed by atoms with Crippen LogP contribution in [0.25, 0.3) is 0 Å². The van der Waals surface area contributed by atoms with Gasteiger partial charge in [0.1, 0.15) is 5.78 Å². The van der Waals surface area contributed by atoms with E-state index >= 15 is 0 Å². The van der Waals surface area contributed by atoms with Crippen LogP contribution < -0.4 is 0 Å². The summed E-state index contributed by atoms with van der Waals surface area (Å²) in [6, 6.07) is 7.63. The number of rotatable bonds is 3. The maximum atomic E-state index is 12.6. The normalized spacial score (nSPS) is 24.9. The van der Waals surface area contributed by atoms with E-state index < -0.39 is 0 Å². The molecule has 0 aliphatic carbocycles. The Hall–Kier alpha value is -0.510. The Bertz CT molecular complexity index is 506. The molecule has 2 nitrogen and oxygen atoms in total. The molecule has 0 N–H and O–H groups in total. The van der Waals surface area contributed by atoms with Gasteiger partial charge in [0.15, 0.2) is 0 Å². The van der Waals surface area contributed by atoms with Crippen LogP contribution in [-0.4, -0.2) is 29.5 Å². The molecule has 1 spiro atoms. The molecule has 4 heteroatoms. The van der Waals surface area contributed by atoms with Crippen LogP contribution in [-0.2, 0) is 16.0 Å². The van der Waals surface area contributed by atoms with Crippen LogP contribution in [0, 0.1) is 5.92 Å². The molecule has 2 aliphatic rings. The third-order valence-electron chi connectivity index (χ3n) is 4.62. The molecule has 0 aromatic heterocycles. The highest BCUT2D eigenvalue weighted by Gasteiger charge is 2.40. The van der Waals surface area contributed by atoms with Gasteiger partial charge < -0.3 is 4.74 Å². The lowest BCUT2D eigenvalue weighted by molar-refractivity contribution is -0.137. The van der Waals surface area contributed by atoms with Crippen LogP contribution in [0.5, 0.6) is 0 Å². The van der Waals surface area contributed by atoms with Crippen LogP contribution in [0.15, 0.2) is 24.3 Å². The van der Waals surface area contributed by atoms with E-state index in [0.717, 1.165) is 49.4 Å². The van der Waals surface area contributed by atoms with Gasteiger partial charge in [0, 0.05) is 24.0 Å². The third-order valence-corrected chi connectivity index (χ3v) is 5.84. The van der Waals surface area contributed by atoms with E-state index in [9.17, 15) is 4.79 Å². The van der Waals surface area contributed by atoms with Crippen molar-refractivity contribution >= 4 is 29.1 Å². The first-order chi connectivity index (χ1) is 10.2. The Kier molecular flexibility index (Phi) is 4.92. The molecule has 114 valence electrons. The van der Waals surface area contributed by atoms with Gasteiger partial charge >= 0.3 is 0 Å². The smallest absolute Gasteiger partial charge is 0.140 e. The number of carbonyl (C=O) groups excluding carboxylic acids is 1. The van der Waals surface area contributed by atoms with Crippen LogP contribution >= 0.6 is 23.4 Å². The Labute approximate surface area is 135 Å². The third kappa shape index (κ3) is 3.82. The SMILES string of the molecule is O=C(Cc1cccc(Cl)c1)C1CCOC2(CCSCC2)C1. The van der Waals surface area contributed by atoms with Crippen molar-refractivity contribution in [1.29, 1.82) is 0 Å². The number of hydrogen-bond donors (Lipinski definition) is 0. The molecular formula is C17H21ClO2S. The van der Waals surface area contributed by atoms with Gasteiger partial charge in [0.05, 0.1) is 5.60 Å². The molecule has 2 heterocycles. The number of carbonyl (C=O) groups is 1. The quantitative estimate of drug-likeness (QED) is 0.835. The fraction of sp³-hybridized carbons (Fsp3) is 0.588. The monoisotopic (exact) mass is 324 g/mol. The second-order valence-electron chi connectivity index (χ2n) is 6.11. The van der Waals surface area contributed by atoms with Crippen LogP contribution in [0.3, 0.4) is 0 Å². The molecule has 1 atom stereocenters. The zero-order valence-electron chi connectivity index (χ0n) is 12.1. The van der Waals surface area contributed by atoms with Gasteiger partial charge in [-0.3, -0.25) is 4.79 Å². The van der Waals surface area contributed by atoms with Crippen molar-refractivity contribution in [2.24, 2.45) is 5.92 Å². The summed E-state index contributed by atoms with van der Waals surface area (Å²) in [4.78, 5) is 12.6. The Morgan fingerprint density at radius 1 is 1.38 bits per heavy atom. The summed E-state index contributed by atoms with van der Waals surface area (Å²) in [6.45, 7) is 0.733. The molecule has 3 rings (SSSR count). The zero-order valence-corrected chi connectivity index (χ0v) is 13.7. The van der Waals surface area contributed by atoms with E-state index in [4.69, 9.17) is 16.3 Å². The standard InChI is InChI=1S/C17H21ClO2S/c18-15-3-1-2-13(10-15)11-16(19)14-4-7-20-17(12-14)5-8-21-9-6-17/h1-3,10,14H,4-9,11-12H2. The van der Waals surface area contributed by atoms with Crippen molar-refractivity contribution in [3.05, 3.63) is 34.9 Å². The van der Waals surface area contributed by atoms with Crippen molar-refractivity contribution in [2.75, 3.05) is 18.1 Å². The molecule has 0 amide bonds. The van der Waals surface area contributed by atoms with Gasteiger partial charge in [-0.1, -0.05) is 23.7 Å². The molecule has 1 aromatic carbocycles. The van der Waals surface area contributed by atoms with Gasteiger partial charge in [-0.25, -0.2) is 0 Å². The second-order valence-corrected chi connectivity index (χ2v) is 7.77. The topological polar surface area (TPSA) is 26.3 Å². The molecule has 0 saturated carbocycles. The molecule has 2 aliphatic heterocycles. The predicted octanol–water partition coefficient (Wildman–Crippen LogP) is 4.14. The van der Waals surface area contributed by atoms with E-state index in [1.54, 1.807) is 0 Å². The molecule has 0 bridgehead atoms. The molecule has 0 radical (unpaired) electrons. The minimum Gasteiger partial charge on any atom is -0.375 e. The van der Waals surface area contributed by atoms with E-state index in [0.29, 0.717) is 17.2 Å². The number of Topliss-reactive ketones (excluding diaryl/α,β-unsaturated/α-hetero) is 1. The number of halogens is 1. The Balaban J connectivity index is 1.64. The summed E-state index contributed by atoms with van der Waals surface area (Å²) in [6.07, 6.45) is 4.47. The first-order valence-corrected chi connectivity index (χ1v) is 9.19. The summed E-state index contributed by atoms with van der Waals surface area (Å²) < 4.78 is 6.07. The average molecular weight is 325 g/mol. The second kappa shape index (κ2) is 6.72. The molecule has 2 fully saturated rings. The van der Waals surface area contributed by atoms with Gasteiger partial charge in [-0.15, -0.1) is 0 Å². The van der Waals surface area contributed by atoms with Crippen LogP contribution in [0.4, 0.5) is 0 Å². The first kappa shape index (κ1) is 15.4. The lowest BCUT2D eigenvalue weighted by atomic mass is 9.79. The Morgan fingerprint density at radius 2 is 2.19 bits per heavy atom. The molecule has 1 aromatic rings. The van der Waals surface area contributed by atoms with E-state index in [1.165, 1.54) is 0 Å². The van der Waals surface area contributed by atoms with Crippen molar-refractivity contribution in [3.63, 3.8) is 0 Å². The highest BCUT2D eigenvalue weighted by atomic mass is 35.5. The van der Waals surface area contributed by atoms with Crippen molar-refractivity contribution in [2.45, 2.75) is 37.7 Å². The lowest BCUT2D eigenvalue weighted by Gasteiger charge is -2.43. The minimum absolute atomic E-state index is 0.0157.